The van der Waals surface area contributed by atoms with Crippen LogP contribution < -0.4 is 0 Å². The average molecular weight is 581 g/mol. The molecule has 0 amide bonds. The molecule has 0 heterocycles. The monoisotopic (exact) mass is 581 g/mol. The minimum Gasteiger partial charge on any atom is -0.481 e. The molecular formula is C37H72O4. The van der Waals surface area contributed by atoms with Gasteiger partial charge in [0.2, 0.25) is 0 Å². The van der Waals surface area contributed by atoms with Crippen molar-refractivity contribution < 1.29 is 19.4 Å². The number of unbranched alkanes of at least 4 members (excludes halogenated alkanes) is 24. The number of aliphatic carboxylic acids is 1. The van der Waals surface area contributed by atoms with Crippen LogP contribution in [0.2, 0.25) is 0 Å². The lowest BCUT2D eigenvalue weighted by molar-refractivity contribution is -0.145. The first-order valence-electron chi connectivity index (χ1n) is 18.5. The first kappa shape index (κ1) is 39.9. The van der Waals surface area contributed by atoms with Crippen LogP contribution in [0.5, 0.6) is 0 Å². The second-order valence-electron chi connectivity index (χ2n) is 12.9. The highest BCUT2D eigenvalue weighted by atomic mass is 16.5. The van der Waals surface area contributed by atoms with E-state index in [1.54, 1.807) is 0 Å². The van der Waals surface area contributed by atoms with E-state index in [1.807, 2.05) is 0 Å². The van der Waals surface area contributed by atoms with Crippen molar-refractivity contribution in [3.63, 3.8) is 0 Å². The van der Waals surface area contributed by atoms with Gasteiger partial charge in [0.05, 0.1) is 6.61 Å². The van der Waals surface area contributed by atoms with Gasteiger partial charge in [-0.05, 0) is 31.6 Å². The molecule has 4 nitrogen and oxygen atoms in total. The van der Waals surface area contributed by atoms with Gasteiger partial charge in [-0.25, -0.2) is 0 Å². The topological polar surface area (TPSA) is 63.6 Å². The van der Waals surface area contributed by atoms with Crippen molar-refractivity contribution in [3.8, 4) is 0 Å². The zero-order chi connectivity index (χ0) is 30.1. The second-order valence-corrected chi connectivity index (χ2v) is 12.9. The molecule has 0 aromatic heterocycles. The minimum atomic E-state index is -0.684. The molecule has 0 aliphatic rings. The molecule has 0 fully saturated rings. The number of hydrogen-bond donors (Lipinski definition) is 1. The number of esters is 1. The Balaban J connectivity index is 3.84. The lowest BCUT2D eigenvalue weighted by Gasteiger charge is -2.17. The molecule has 1 atom stereocenters. The first-order chi connectivity index (χ1) is 20.1. The first-order valence-corrected chi connectivity index (χ1v) is 18.5. The molecule has 0 bridgehead atoms. The number of ether oxygens (including phenoxy) is 1. The molecule has 0 radical (unpaired) electrons. The molecule has 0 saturated heterocycles. The van der Waals surface area contributed by atoms with E-state index in [0.717, 1.165) is 38.5 Å². The van der Waals surface area contributed by atoms with Crippen LogP contribution in [0.15, 0.2) is 0 Å². The SMILES string of the molecule is CCCCCCCCCCCCCCCCCC(=O)OCC(CCCCCCCC)CCCCCCCCC(=O)O. The molecule has 4 heteroatoms. The number of carboxylic acid groups (broad SMARTS) is 1. The third-order valence-corrected chi connectivity index (χ3v) is 8.68. The van der Waals surface area contributed by atoms with Crippen molar-refractivity contribution in [1.29, 1.82) is 0 Å². The summed E-state index contributed by atoms with van der Waals surface area (Å²) >= 11 is 0. The van der Waals surface area contributed by atoms with Gasteiger partial charge in [0.15, 0.2) is 0 Å². The molecule has 0 saturated carbocycles. The third kappa shape index (κ3) is 33.3. The van der Waals surface area contributed by atoms with Crippen molar-refractivity contribution in [2.75, 3.05) is 6.61 Å². The van der Waals surface area contributed by atoms with Crippen LogP contribution in [0.1, 0.15) is 213 Å². The van der Waals surface area contributed by atoms with Crippen molar-refractivity contribution in [2.45, 2.75) is 213 Å². The summed E-state index contributed by atoms with van der Waals surface area (Å²) in [6.45, 7) is 5.14. The summed E-state index contributed by atoms with van der Waals surface area (Å²) < 4.78 is 5.76. The maximum absolute atomic E-state index is 12.4. The average Bonchev–Trinajstić information content (AvgIpc) is 2.96. The minimum absolute atomic E-state index is 0.00562. The predicted octanol–water partition coefficient (Wildman–Crippen LogP) is 12.4. The predicted molar refractivity (Wildman–Crippen MR) is 177 cm³/mol. The highest BCUT2D eigenvalue weighted by molar-refractivity contribution is 5.69. The van der Waals surface area contributed by atoms with Gasteiger partial charge in [0, 0.05) is 12.8 Å². The lowest BCUT2D eigenvalue weighted by atomic mass is 9.94. The molecule has 0 aliphatic heterocycles. The summed E-state index contributed by atoms with van der Waals surface area (Å²) in [5.74, 6) is -0.180. The van der Waals surface area contributed by atoms with Crippen molar-refractivity contribution >= 4 is 11.9 Å². The zero-order valence-electron chi connectivity index (χ0n) is 27.9. The summed E-state index contributed by atoms with van der Waals surface area (Å²) in [4.78, 5) is 23.0. The summed E-state index contributed by atoms with van der Waals surface area (Å²) in [5, 5.41) is 8.75. The van der Waals surface area contributed by atoms with E-state index in [2.05, 4.69) is 13.8 Å². The Morgan fingerprint density at radius 3 is 1.15 bits per heavy atom. The van der Waals surface area contributed by atoms with Gasteiger partial charge in [0.25, 0.3) is 0 Å². The van der Waals surface area contributed by atoms with Crippen LogP contribution in [0.25, 0.3) is 0 Å². The quantitative estimate of drug-likeness (QED) is 0.0607. The Bertz CT molecular complexity index is 547. The molecule has 0 aromatic rings. The van der Waals surface area contributed by atoms with Crippen LogP contribution in [0.3, 0.4) is 0 Å². The van der Waals surface area contributed by atoms with Gasteiger partial charge in [-0.15, -0.1) is 0 Å². The van der Waals surface area contributed by atoms with Crippen molar-refractivity contribution in [2.24, 2.45) is 5.92 Å². The number of carbonyl (C=O) groups excluding carboxylic acids is 1. The summed E-state index contributed by atoms with van der Waals surface area (Å²) in [5.41, 5.74) is 0. The van der Waals surface area contributed by atoms with E-state index in [9.17, 15) is 9.59 Å². The van der Waals surface area contributed by atoms with Gasteiger partial charge in [-0.2, -0.15) is 0 Å². The zero-order valence-corrected chi connectivity index (χ0v) is 27.9. The van der Waals surface area contributed by atoms with Crippen LogP contribution in [-0.4, -0.2) is 23.7 Å². The molecule has 1 N–H and O–H groups in total. The number of rotatable bonds is 34. The van der Waals surface area contributed by atoms with Gasteiger partial charge in [-0.3, -0.25) is 9.59 Å². The van der Waals surface area contributed by atoms with Crippen molar-refractivity contribution in [1.82, 2.24) is 0 Å². The van der Waals surface area contributed by atoms with E-state index >= 15 is 0 Å². The Hall–Kier alpha value is -1.06. The van der Waals surface area contributed by atoms with E-state index in [4.69, 9.17) is 9.84 Å². The molecule has 41 heavy (non-hydrogen) atoms. The standard InChI is InChI=1S/C37H72O4/c1-3-5-7-9-11-12-13-14-15-16-17-18-19-25-29-33-37(40)41-34-35(30-26-22-10-8-6-4-2)31-27-23-20-21-24-28-32-36(38)39/h35H,3-34H2,1-2H3,(H,38,39). The van der Waals surface area contributed by atoms with Gasteiger partial charge < -0.3 is 9.84 Å². The van der Waals surface area contributed by atoms with Crippen LogP contribution >= 0.6 is 0 Å². The molecule has 1 unspecified atom stereocenters. The Morgan fingerprint density at radius 2 is 0.780 bits per heavy atom. The largest absolute Gasteiger partial charge is 0.481 e. The maximum atomic E-state index is 12.4. The molecule has 0 aliphatic carbocycles. The third-order valence-electron chi connectivity index (χ3n) is 8.68. The molecular weight excluding hydrogens is 508 g/mol. The summed E-state index contributed by atoms with van der Waals surface area (Å²) in [7, 11) is 0. The maximum Gasteiger partial charge on any atom is 0.305 e. The smallest absolute Gasteiger partial charge is 0.305 e. The Labute approximate surface area is 256 Å². The summed E-state index contributed by atoms with van der Waals surface area (Å²) in [6.07, 6.45) is 37.7. The van der Waals surface area contributed by atoms with Crippen LogP contribution in [0.4, 0.5) is 0 Å². The fraction of sp³-hybridized carbons (Fsp3) is 0.946. The van der Waals surface area contributed by atoms with Gasteiger partial charge in [-0.1, -0.05) is 174 Å². The Kier molecular flexibility index (Phi) is 32.6. The fourth-order valence-corrected chi connectivity index (χ4v) is 5.86. The number of carbonyl (C=O) groups is 2. The Morgan fingerprint density at radius 1 is 0.463 bits per heavy atom. The summed E-state index contributed by atoms with van der Waals surface area (Å²) in [6, 6.07) is 0. The van der Waals surface area contributed by atoms with E-state index < -0.39 is 5.97 Å². The molecule has 244 valence electrons. The van der Waals surface area contributed by atoms with E-state index in [-0.39, 0.29) is 5.97 Å². The van der Waals surface area contributed by atoms with Crippen LogP contribution in [-0.2, 0) is 14.3 Å². The second kappa shape index (κ2) is 33.4. The number of hydrogen-bond acceptors (Lipinski definition) is 3. The van der Waals surface area contributed by atoms with E-state index in [0.29, 0.717) is 25.4 Å². The van der Waals surface area contributed by atoms with Gasteiger partial charge in [0.1, 0.15) is 0 Å². The van der Waals surface area contributed by atoms with Crippen molar-refractivity contribution in [3.05, 3.63) is 0 Å². The van der Waals surface area contributed by atoms with Crippen LogP contribution in [0, 0.1) is 5.92 Å². The molecule has 0 aromatic carbocycles. The highest BCUT2D eigenvalue weighted by Gasteiger charge is 2.12. The highest BCUT2D eigenvalue weighted by Crippen LogP contribution is 2.21. The number of carboxylic acids is 1. The van der Waals surface area contributed by atoms with E-state index in [1.165, 1.54) is 148 Å². The molecule has 0 spiro atoms. The fourth-order valence-electron chi connectivity index (χ4n) is 5.86. The van der Waals surface area contributed by atoms with Gasteiger partial charge >= 0.3 is 11.9 Å². The molecule has 0 rings (SSSR count). The lowest BCUT2D eigenvalue weighted by Crippen LogP contribution is -2.14. The normalized spacial score (nSPS) is 12.0.